The van der Waals surface area contributed by atoms with E-state index in [1.54, 1.807) is 6.92 Å². The molecule has 0 aliphatic heterocycles. The lowest BCUT2D eigenvalue weighted by atomic mass is 10.0. The van der Waals surface area contributed by atoms with Gasteiger partial charge in [0.25, 0.3) is 0 Å². The van der Waals surface area contributed by atoms with Crippen LogP contribution in [0.25, 0.3) is 11.0 Å². The fourth-order valence-electron chi connectivity index (χ4n) is 2.52. The van der Waals surface area contributed by atoms with Gasteiger partial charge in [0.2, 0.25) is 0 Å². The molecule has 3 heteroatoms. The van der Waals surface area contributed by atoms with Crippen molar-refractivity contribution in [3.8, 4) is 5.75 Å². The smallest absolute Gasteiger partial charge is 0.339 e. The van der Waals surface area contributed by atoms with Crippen LogP contribution in [0.5, 0.6) is 5.75 Å². The van der Waals surface area contributed by atoms with E-state index in [9.17, 15) is 4.79 Å². The molecule has 0 saturated heterocycles. The Balaban J connectivity index is 2.00. The molecule has 22 heavy (non-hydrogen) atoms. The molecule has 112 valence electrons. The lowest BCUT2D eigenvalue weighted by molar-refractivity contribution is 0.304. The van der Waals surface area contributed by atoms with Crippen LogP contribution in [0.2, 0.25) is 0 Å². The zero-order valence-electron chi connectivity index (χ0n) is 13.0. The van der Waals surface area contributed by atoms with Gasteiger partial charge >= 0.3 is 5.63 Å². The van der Waals surface area contributed by atoms with Crippen LogP contribution in [0.3, 0.4) is 0 Å². The highest BCUT2D eigenvalue weighted by molar-refractivity contribution is 5.85. The molecule has 0 unspecified atom stereocenters. The summed E-state index contributed by atoms with van der Waals surface area (Å²) in [5.41, 5.74) is 3.90. The van der Waals surface area contributed by atoms with Gasteiger partial charge in [0.1, 0.15) is 17.9 Å². The minimum Gasteiger partial charge on any atom is -0.488 e. The molecule has 3 nitrogen and oxygen atoms in total. The van der Waals surface area contributed by atoms with Gasteiger partial charge in [0, 0.05) is 16.5 Å². The first-order chi connectivity index (χ1) is 10.6. The van der Waals surface area contributed by atoms with Crippen LogP contribution in [-0.4, -0.2) is 0 Å². The summed E-state index contributed by atoms with van der Waals surface area (Å²) in [7, 11) is 0. The largest absolute Gasteiger partial charge is 0.488 e. The molecule has 0 radical (unpaired) electrons. The third-order valence-corrected chi connectivity index (χ3v) is 4.06. The van der Waals surface area contributed by atoms with Gasteiger partial charge in [-0.2, -0.15) is 0 Å². The van der Waals surface area contributed by atoms with Crippen LogP contribution in [0.1, 0.15) is 22.3 Å². The highest BCUT2D eigenvalue weighted by Crippen LogP contribution is 2.29. The fourth-order valence-corrected chi connectivity index (χ4v) is 2.52. The van der Waals surface area contributed by atoms with Crippen LogP contribution >= 0.6 is 0 Å². The van der Waals surface area contributed by atoms with E-state index in [1.165, 1.54) is 0 Å². The minimum atomic E-state index is -0.284. The van der Waals surface area contributed by atoms with Crippen molar-refractivity contribution in [1.29, 1.82) is 0 Å². The fraction of sp³-hybridized carbons (Fsp3) is 0.211. The third-order valence-electron chi connectivity index (χ3n) is 4.06. The van der Waals surface area contributed by atoms with Gasteiger partial charge in [-0.05, 0) is 44.0 Å². The van der Waals surface area contributed by atoms with Crippen molar-refractivity contribution in [3.05, 3.63) is 75.1 Å². The number of rotatable bonds is 3. The Bertz CT molecular complexity index is 877. The van der Waals surface area contributed by atoms with Crippen LogP contribution in [0, 0.1) is 20.8 Å². The zero-order valence-corrected chi connectivity index (χ0v) is 13.0. The van der Waals surface area contributed by atoms with E-state index in [1.807, 2.05) is 56.3 Å². The first-order valence-electron chi connectivity index (χ1n) is 7.28. The highest BCUT2D eigenvalue weighted by Gasteiger charge is 2.12. The number of hydrogen-bond donors (Lipinski definition) is 0. The summed E-state index contributed by atoms with van der Waals surface area (Å²) in [4.78, 5) is 11.9. The SMILES string of the molecule is Cc1c(C)c2ccc(OCc3ccccc3)c(C)c2oc1=O. The number of fused-ring (bicyclic) bond motifs is 1. The van der Waals surface area contributed by atoms with Crippen molar-refractivity contribution in [2.45, 2.75) is 27.4 Å². The first-order valence-corrected chi connectivity index (χ1v) is 7.28. The van der Waals surface area contributed by atoms with Gasteiger partial charge < -0.3 is 9.15 Å². The van der Waals surface area contributed by atoms with E-state index < -0.39 is 0 Å². The molecule has 0 bridgehead atoms. The van der Waals surface area contributed by atoms with Gasteiger partial charge in [0.05, 0.1) is 0 Å². The quantitative estimate of drug-likeness (QED) is 0.676. The van der Waals surface area contributed by atoms with Crippen molar-refractivity contribution in [1.82, 2.24) is 0 Å². The second kappa shape index (κ2) is 5.68. The monoisotopic (exact) mass is 294 g/mol. The summed E-state index contributed by atoms with van der Waals surface area (Å²) in [5.74, 6) is 0.739. The molecule has 2 aromatic carbocycles. The molecule has 0 aliphatic carbocycles. The maximum Gasteiger partial charge on any atom is 0.339 e. The predicted octanol–water partition coefficient (Wildman–Crippen LogP) is 4.30. The van der Waals surface area contributed by atoms with Gasteiger partial charge in [-0.3, -0.25) is 0 Å². The summed E-state index contributed by atoms with van der Waals surface area (Å²) in [6.07, 6.45) is 0. The average Bonchev–Trinajstić information content (AvgIpc) is 2.54. The average molecular weight is 294 g/mol. The second-order valence-corrected chi connectivity index (χ2v) is 5.48. The Kier molecular flexibility index (Phi) is 3.72. The summed E-state index contributed by atoms with van der Waals surface area (Å²) >= 11 is 0. The zero-order chi connectivity index (χ0) is 15.7. The lowest BCUT2D eigenvalue weighted by Crippen LogP contribution is -2.06. The first kappa shape index (κ1) is 14.4. The van der Waals surface area contributed by atoms with Crippen molar-refractivity contribution in [2.24, 2.45) is 0 Å². The molecule has 1 aromatic heterocycles. The normalized spacial score (nSPS) is 10.9. The maximum atomic E-state index is 11.9. The topological polar surface area (TPSA) is 39.4 Å². The van der Waals surface area contributed by atoms with E-state index in [4.69, 9.17) is 9.15 Å². The van der Waals surface area contributed by atoms with Crippen molar-refractivity contribution in [2.75, 3.05) is 0 Å². The van der Waals surface area contributed by atoms with Gasteiger partial charge in [-0.1, -0.05) is 30.3 Å². The summed E-state index contributed by atoms with van der Waals surface area (Å²) in [6, 6.07) is 13.9. The maximum absolute atomic E-state index is 11.9. The van der Waals surface area contributed by atoms with E-state index in [0.29, 0.717) is 17.8 Å². The molecule has 1 heterocycles. The van der Waals surface area contributed by atoms with Crippen LogP contribution in [-0.2, 0) is 6.61 Å². The van der Waals surface area contributed by atoms with Gasteiger partial charge in [0.15, 0.2) is 0 Å². The standard InChI is InChI=1S/C19H18O3/c1-12-13(2)19(20)22-18-14(3)17(10-9-16(12)18)21-11-15-7-5-4-6-8-15/h4-10H,11H2,1-3H3. The molecule has 0 aliphatic rings. The molecule has 3 aromatic rings. The predicted molar refractivity (Wildman–Crippen MR) is 87.5 cm³/mol. The van der Waals surface area contributed by atoms with Crippen molar-refractivity contribution >= 4 is 11.0 Å². The third kappa shape index (κ3) is 2.50. The molecule has 0 saturated carbocycles. The van der Waals surface area contributed by atoms with Gasteiger partial charge in [-0.15, -0.1) is 0 Å². The van der Waals surface area contributed by atoms with E-state index in [0.717, 1.165) is 27.8 Å². The molecule has 0 N–H and O–H groups in total. The Morgan fingerprint density at radius 3 is 2.36 bits per heavy atom. The Hall–Kier alpha value is -2.55. The molecular weight excluding hydrogens is 276 g/mol. The minimum absolute atomic E-state index is 0.284. The molecule has 0 amide bonds. The van der Waals surface area contributed by atoms with Gasteiger partial charge in [-0.25, -0.2) is 4.79 Å². The van der Waals surface area contributed by atoms with Crippen LogP contribution < -0.4 is 10.4 Å². The van der Waals surface area contributed by atoms with Crippen molar-refractivity contribution < 1.29 is 9.15 Å². The molecule has 3 rings (SSSR count). The summed E-state index contributed by atoms with van der Waals surface area (Å²) in [6.45, 7) is 6.14. The Morgan fingerprint density at radius 1 is 0.909 bits per heavy atom. The summed E-state index contributed by atoms with van der Waals surface area (Å²) in [5, 5.41) is 0.960. The molecule has 0 atom stereocenters. The van der Waals surface area contributed by atoms with E-state index >= 15 is 0 Å². The van der Waals surface area contributed by atoms with E-state index in [2.05, 4.69) is 0 Å². The molecular formula is C19H18O3. The second-order valence-electron chi connectivity index (χ2n) is 5.48. The number of ether oxygens (including phenoxy) is 1. The molecule has 0 fully saturated rings. The van der Waals surface area contributed by atoms with E-state index in [-0.39, 0.29) is 5.63 Å². The Labute approximate surface area is 129 Å². The number of benzene rings is 2. The Morgan fingerprint density at radius 2 is 1.64 bits per heavy atom. The van der Waals surface area contributed by atoms with Crippen LogP contribution in [0.4, 0.5) is 0 Å². The molecule has 0 spiro atoms. The van der Waals surface area contributed by atoms with Crippen LogP contribution in [0.15, 0.2) is 51.7 Å². The lowest BCUT2D eigenvalue weighted by Gasteiger charge is -2.12. The highest BCUT2D eigenvalue weighted by atomic mass is 16.5. The number of hydrogen-bond acceptors (Lipinski definition) is 3. The number of aryl methyl sites for hydroxylation is 2. The van der Waals surface area contributed by atoms with Crippen molar-refractivity contribution in [3.63, 3.8) is 0 Å². The summed E-state index contributed by atoms with van der Waals surface area (Å²) < 4.78 is 11.3.